The van der Waals surface area contributed by atoms with E-state index in [0.29, 0.717) is 13.0 Å². The van der Waals surface area contributed by atoms with Crippen LogP contribution in [0.15, 0.2) is 67.0 Å². The number of benzene rings is 2. The first-order valence-electron chi connectivity index (χ1n) is 9.49. The molecule has 1 heterocycles. The molecule has 0 fully saturated rings. The third kappa shape index (κ3) is 6.86. The van der Waals surface area contributed by atoms with E-state index in [9.17, 15) is 22.4 Å². The maximum absolute atomic E-state index is 12.6. The summed E-state index contributed by atoms with van der Waals surface area (Å²) < 4.78 is 60.1. The molecule has 1 aromatic heterocycles. The van der Waals surface area contributed by atoms with Crippen molar-refractivity contribution in [2.24, 2.45) is 0 Å². The molecule has 32 heavy (non-hydrogen) atoms. The predicted molar refractivity (Wildman–Crippen MR) is 109 cm³/mol. The van der Waals surface area contributed by atoms with Crippen molar-refractivity contribution in [2.45, 2.75) is 19.6 Å². The number of hydrogen-bond donors (Lipinski definition) is 1. The molecule has 168 valence electrons. The van der Waals surface area contributed by atoms with Gasteiger partial charge >= 0.3 is 13.2 Å². The van der Waals surface area contributed by atoms with E-state index >= 15 is 0 Å². The number of hydrogen-bond acceptors (Lipinski definition) is 4. The average molecular weight is 449 g/mol. The van der Waals surface area contributed by atoms with Crippen LogP contribution in [0.1, 0.15) is 11.1 Å². The average Bonchev–Trinajstić information content (AvgIpc) is 3.28. The third-order valence-corrected chi connectivity index (χ3v) is 4.26. The van der Waals surface area contributed by atoms with Gasteiger partial charge in [-0.25, -0.2) is 4.68 Å². The lowest BCUT2D eigenvalue weighted by Gasteiger charge is -2.11. The molecular formula is C22H19F4N3O3. The Labute approximate surface area is 181 Å². The van der Waals surface area contributed by atoms with Crippen LogP contribution in [0, 0.1) is 0 Å². The third-order valence-electron chi connectivity index (χ3n) is 4.26. The Kier molecular flexibility index (Phi) is 7.85. The van der Waals surface area contributed by atoms with Crippen LogP contribution in [0.2, 0.25) is 0 Å². The normalized spacial score (nSPS) is 11.3. The number of nitrogens with zero attached hydrogens (tertiary/aromatic N) is 2. The summed E-state index contributed by atoms with van der Waals surface area (Å²) in [6.45, 7) is -5.92. The van der Waals surface area contributed by atoms with Gasteiger partial charge in [-0.2, -0.15) is 22.7 Å². The van der Waals surface area contributed by atoms with Crippen LogP contribution in [0.4, 0.5) is 17.6 Å². The van der Waals surface area contributed by atoms with Gasteiger partial charge in [-0.1, -0.05) is 12.1 Å². The first-order valence-corrected chi connectivity index (χ1v) is 9.49. The Morgan fingerprint density at radius 1 is 1.06 bits per heavy atom. The number of halogens is 4. The number of amides is 1. The van der Waals surface area contributed by atoms with Gasteiger partial charge in [0.2, 0.25) is 5.91 Å². The molecule has 1 amide bonds. The lowest BCUT2D eigenvalue weighted by Crippen LogP contribution is -2.23. The Balaban J connectivity index is 1.54. The van der Waals surface area contributed by atoms with Crippen molar-refractivity contribution in [2.75, 3.05) is 6.54 Å². The molecule has 0 spiro atoms. The fourth-order valence-corrected chi connectivity index (χ4v) is 2.82. The number of aromatic nitrogens is 2. The van der Waals surface area contributed by atoms with E-state index in [2.05, 4.69) is 19.9 Å². The molecule has 0 aliphatic carbocycles. The minimum absolute atomic E-state index is 0.108. The molecule has 0 saturated heterocycles. The van der Waals surface area contributed by atoms with Crippen LogP contribution in [0.25, 0.3) is 11.8 Å². The molecule has 0 unspecified atom stereocenters. The highest BCUT2D eigenvalue weighted by molar-refractivity contribution is 5.92. The summed E-state index contributed by atoms with van der Waals surface area (Å²) in [5, 5.41) is 6.83. The molecule has 0 bridgehead atoms. The zero-order chi connectivity index (χ0) is 22.9. The van der Waals surface area contributed by atoms with E-state index in [1.807, 2.05) is 36.5 Å². The minimum atomic E-state index is -3.17. The number of rotatable bonds is 10. The molecule has 1 N–H and O–H groups in total. The molecular weight excluding hydrogens is 430 g/mol. The zero-order valence-corrected chi connectivity index (χ0v) is 16.6. The van der Waals surface area contributed by atoms with E-state index in [1.165, 1.54) is 12.1 Å². The number of nitrogens with one attached hydrogen (secondary N) is 1. The van der Waals surface area contributed by atoms with Gasteiger partial charge in [0, 0.05) is 36.6 Å². The molecule has 0 radical (unpaired) electrons. The molecule has 0 atom stereocenters. The van der Waals surface area contributed by atoms with E-state index in [4.69, 9.17) is 0 Å². The largest absolute Gasteiger partial charge is 0.435 e. The molecule has 0 aliphatic heterocycles. The number of carbonyl (C=O) groups excluding carboxylic acids is 1. The summed E-state index contributed by atoms with van der Waals surface area (Å²) in [5.41, 5.74) is 2.03. The van der Waals surface area contributed by atoms with E-state index < -0.39 is 19.1 Å². The van der Waals surface area contributed by atoms with Crippen molar-refractivity contribution in [3.05, 3.63) is 78.1 Å². The Morgan fingerprint density at radius 3 is 2.47 bits per heavy atom. The lowest BCUT2D eigenvalue weighted by atomic mass is 10.1. The number of alkyl halides is 4. The Morgan fingerprint density at radius 2 is 1.81 bits per heavy atom. The SMILES string of the molecule is O=C(/C=C/c1ccc(OC(F)F)cc1OC(F)F)NCCc1ccc(-n2cccn2)cc1. The summed E-state index contributed by atoms with van der Waals surface area (Å²) >= 11 is 0. The predicted octanol–water partition coefficient (Wildman–Crippen LogP) is 4.45. The van der Waals surface area contributed by atoms with E-state index in [0.717, 1.165) is 29.5 Å². The molecule has 3 aromatic rings. The van der Waals surface area contributed by atoms with Gasteiger partial charge in [-0.3, -0.25) is 4.79 Å². The van der Waals surface area contributed by atoms with Gasteiger partial charge < -0.3 is 14.8 Å². The first-order chi connectivity index (χ1) is 15.4. The van der Waals surface area contributed by atoms with Crippen LogP contribution in [0.5, 0.6) is 11.5 Å². The molecule has 3 rings (SSSR count). The van der Waals surface area contributed by atoms with Crippen molar-refractivity contribution in [1.82, 2.24) is 15.1 Å². The highest BCUT2D eigenvalue weighted by Gasteiger charge is 2.12. The van der Waals surface area contributed by atoms with Crippen LogP contribution < -0.4 is 14.8 Å². The Bertz CT molecular complexity index is 1040. The standard InChI is InChI=1S/C22H19F4N3O3/c23-21(24)31-18-8-4-16(19(14-18)32-22(25)26)5-9-20(30)27-12-10-15-2-6-17(7-3-15)29-13-1-11-28-29/h1-9,11,13-14,21-22H,10,12H2,(H,27,30)/b9-5+. The molecule has 0 aliphatic rings. The van der Waals surface area contributed by atoms with Gasteiger partial charge in [-0.05, 0) is 48.4 Å². The van der Waals surface area contributed by atoms with Crippen LogP contribution >= 0.6 is 0 Å². The van der Waals surface area contributed by atoms with Crippen LogP contribution in [-0.4, -0.2) is 35.5 Å². The monoisotopic (exact) mass is 449 g/mol. The van der Waals surface area contributed by atoms with Gasteiger partial charge in [0.15, 0.2) is 0 Å². The highest BCUT2D eigenvalue weighted by atomic mass is 19.3. The Hall–Kier alpha value is -3.82. The van der Waals surface area contributed by atoms with Gasteiger partial charge in [0.05, 0.1) is 5.69 Å². The molecule has 10 heteroatoms. The van der Waals surface area contributed by atoms with Crippen molar-refractivity contribution in [3.8, 4) is 17.2 Å². The highest BCUT2D eigenvalue weighted by Crippen LogP contribution is 2.28. The van der Waals surface area contributed by atoms with E-state index in [1.54, 1.807) is 10.9 Å². The van der Waals surface area contributed by atoms with Crippen molar-refractivity contribution < 1.29 is 31.8 Å². The fourth-order valence-electron chi connectivity index (χ4n) is 2.82. The zero-order valence-electron chi connectivity index (χ0n) is 16.6. The van der Waals surface area contributed by atoms with E-state index in [-0.39, 0.29) is 17.1 Å². The fraction of sp³-hybridized carbons (Fsp3) is 0.182. The second kappa shape index (κ2) is 11.0. The van der Waals surface area contributed by atoms with Gasteiger partial charge in [0.1, 0.15) is 11.5 Å². The van der Waals surface area contributed by atoms with Gasteiger partial charge in [-0.15, -0.1) is 0 Å². The van der Waals surface area contributed by atoms with Crippen molar-refractivity contribution in [1.29, 1.82) is 0 Å². The smallest absolute Gasteiger partial charge is 0.387 e. The second-order valence-corrected chi connectivity index (χ2v) is 6.45. The summed E-state index contributed by atoms with van der Waals surface area (Å²) in [6.07, 6.45) is 6.49. The van der Waals surface area contributed by atoms with Crippen molar-refractivity contribution >= 4 is 12.0 Å². The summed E-state index contributed by atoms with van der Waals surface area (Å²) in [7, 11) is 0. The number of carbonyl (C=O) groups is 1. The molecule has 2 aromatic carbocycles. The van der Waals surface area contributed by atoms with Crippen molar-refractivity contribution in [3.63, 3.8) is 0 Å². The van der Waals surface area contributed by atoms with Crippen LogP contribution in [-0.2, 0) is 11.2 Å². The number of ether oxygens (including phenoxy) is 2. The summed E-state index contributed by atoms with van der Waals surface area (Å²) in [5.74, 6) is -1.18. The summed E-state index contributed by atoms with van der Waals surface area (Å²) in [4.78, 5) is 12.0. The maximum Gasteiger partial charge on any atom is 0.387 e. The summed E-state index contributed by atoms with van der Waals surface area (Å²) in [6, 6.07) is 12.8. The lowest BCUT2D eigenvalue weighted by molar-refractivity contribution is -0.116. The minimum Gasteiger partial charge on any atom is -0.435 e. The topological polar surface area (TPSA) is 65.4 Å². The van der Waals surface area contributed by atoms with Crippen LogP contribution in [0.3, 0.4) is 0 Å². The molecule has 0 saturated carbocycles. The van der Waals surface area contributed by atoms with Gasteiger partial charge in [0.25, 0.3) is 0 Å². The second-order valence-electron chi connectivity index (χ2n) is 6.45. The molecule has 6 nitrogen and oxygen atoms in total. The first kappa shape index (κ1) is 22.9. The quantitative estimate of drug-likeness (QED) is 0.367. The maximum atomic E-state index is 12.6.